The lowest BCUT2D eigenvalue weighted by Gasteiger charge is -2.29. The van der Waals surface area contributed by atoms with Gasteiger partial charge in [-0.1, -0.05) is 0 Å². The molecule has 0 aromatic carbocycles. The van der Waals surface area contributed by atoms with E-state index >= 15 is 0 Å². The van der Waals surface area contributed by atoms with Gasteiger partial charge in [-0.3, -0.25) is 4.79 Å². The van der Waals surface area contributed by atoms with Gasteiger partial charge in [0.05, 0.1) is 17.3 Å². The number of aliphatic hydroxyl groups is 1. The van der Waals surface area contributed by atoms with Crippen LogP contribution in [0, 0.1) is 0 Å². The van der Waals surface area contributed by atoms with E-state index < -0.39 is 11.6 Å². The van der Waals surface area contributed by atoms with E-state index in [1.165, 1.54) is 11.3 Å². The quantitative estimate of drug-likeness (QED) is 0.728. The number of hydrogen-bond acceptors (Lipinski definition) is 4. The number of carbonyl (C=O) groups excluding carboxylic acids is 1. The first-order valence-electron chi connectivity index (χ1n) is 4.68. The van der Waals surface area contributed by atoms with Crippen LogP contribution in [0.3, 0.4) is 0 Å². The Bertz CT molecular complexity index is 358. The molecule has 1 amide bonds. The van der Waals surface area contributed by atoms with Gasteiger partial charge >= 0.3 is 0 Å². The topological polar surface area (TPSA) is 75.3 Å². The van der Waals surface area contributed by atoms with Gasteiger partial charge in [-0.25, -0.2) is 0 Å². The zero-order valence-corrected chi connectivity index (χ0v) is 9.89. The maximum absolute atomic E-state index is 11.8. The van der Waals surface area contributed by atoms with E-state index in [0.717, 1.165) is 0 Å². The number of carbonyl (C=O) groups is 1. The molecule has 1 rings (SSSR count). The van der Waals surface area contributed by atoms with Crippen LogP contribution in [0.4, 0.5) is 5.69 Å². The minimum Gasteiger partial charge on any atom is -0.397 e. The van der Waals surface area contributed by atoms with E-state index in [4.69, 9.17) is 5.73 Å². The molecule has 1 aromatic heterocycles. The molecule has 1 atom stereocenters. The summed E-state index contributed by atoms with van der Waals surface area (Å²) in [5.41, 5.74) is 5.44. The van der Waals surface area contributed by atoms with Crippen LogP contribution in [0.15, 0.2) is 11.4 Å². The van der Waals surface area contributed by atoms with Crippen molar-refractivity contribution in [2.75, 3.05) is 5.73 Å². The number of nitrogen functional groups attached to an aromatic ring is 1. The predicted octanol–water partition coefficient (Wildman–Crippen LogP) is 1.22. The molecule has 4 N–H and O–H groups in total. The first kappa shape index (κ1) is 12.0. The normalized spacial score (nSPS) is 13.6. The molecule has 0 spiro atoms. The summed E-state index contributed by atoms with van der Waals surface area (Å²) in [7, 11) is 0. The summed E-state index contributed by atoms with van der Waals surface area (Å²) in [4.78, 5) is 12.2. The van der Waals surface area contributed by atoms with E-state index in [0.29, 0.717) is 10.6 Å². The molecule has 84 valence electrons. The average molecular weight is 228 g/mol. The Morgan fingerprint density at radius 1 is 1.67 bits per heavy atom. The van der Waals surface area contributed by atoms with Gasteiger partial charge in [0.15, 0.2) is 0 Å². The van der Waals surface area contributed by atoms with Crippen molar-refractivity contribution in [3.8, 4) is 0 Å². The van der Waals surface area contributed by atoms with Gasteiger partial charge < -0.3 is 16.2 Å². The van der Waals surface area contributed by atoms with Crippen molar-refractivity contribution >= 4 is 22.9 Å². The third-order valence-corrected chi connectivity index (χ3v) is 3.31. The summed E-state index contributed by atoms with van der Waals surface area (Å²) >= 11 is 1.29. The Balaban J connectivity index is 2.77. The highest BCUT2D eigenvalue weighted by Crippen LogP contribution is 2.20. The highest BCUT2D eigenvalue weighted by atomic mass is 32.1. The van der Waals surface area contributed by atoms with Crippen LogP contribution in [0.1, 0.15) is 30.4 Å². The number of aliphatic hydroxyl groups excluding tert-OH is 1. The first-order valence-corrected chi connectivity index (χ1v) is 5.56. The molecule has 4 nitrogen and oxygen atoms in total. The second-order valence-electron chi connectivity index (χ2n) is 4.06. The van der Waals surface area contributed by atoms with Gasteiger partial charge in [-0.05, 0) is 32.2 Å². The highest BCUT2D eigenvalue weighted by molar-refractivity contribution is 7.12. The molecule has 0 aliphatic heterocycles. The van der Waals surface area contributed by atoms with Crippen LogP contribution in [0.25, 0.3) is 0 Å². The van der Waals surface area contributed by atoms with Crippen molar-refractivity contribution in [1.29, 1.82) is 0 Å². The summed E-state index contributed by atoms with van der Waals surface area (Å²) in [5.74, 6) is -0.242. The van der Waals surface area contributed by atoms with E-state index in [1.54, 1.807) is 32.2 Å². The van der Waals surface area contributed by atoms with Crippen molar-refractivity contribution in [3.05, 3.63) is 16.3 Å². The third kappa shape index (κ3) is 2.70. The van der Waals surface area contributed by atoms with Crippen LogP contribution in [0.2, 0.25) is 0 Å². The number of nitrogens with two attached hydrogens (primary N) is 1. The highest BCUT2D eigenvalue weighted by Gasteiger charge is 2.27. The summed E-state index contributed by atoms with van der Waals surface area (Å²) in [6.45, 7) is 5.16. The van der Waals surface area contributed by atoms with E-state index in [-0.39, 0.29) is 5.91 Å². The van der Waals surface area contributed by atoms with Crippen molar-refractivity contribution in [2.45, 2.75) is 32.4 Å². The van der Waals surface area contributed by atoms with E-state index in [2.05, 4.69) is 5.32 Å². The number of amides is 1. The van der Waals surface area contributed by atoms with Gasteiger partial charge in [-0.15, -0.1) is 11.3 Å². The average Bonchev–Trinajstić information content (AvgIpc) is 2.50. The summed E-state index contributed by atoms with van der Waals surface area (Å²) in [5, 5.41) is 14.0. The van der Waals surface area contributed by atoms with Gasteiger partial charge in [0.1, 0.15) is 4.88 Å². The second-order valence-corrected chi connectivity index (χ2v) is 4.97. The SMILES string of the molecule is CC(O)C(C)(C)NC(=O)c1sccc1N. The summed E-state index contributed by atoms with van der Waals surface area (Å²) in [6.07, 6.45) is -0.623. The Kier molecular flexibility index (Phi) is 3.36. The minimum absolute atomic E-state index is 0.242. The lowest BCUT2D eigenvalue weighted by Crippen LogP contribution is -2.50. The Morgan fingerprint density at radius 2 is 2.27 bits per heavy atom. The van der Waals surface area contributed by atoms with E-state index in [1.807, 2.05) is 0 Å². The first-order chi connectivity index (χ1) is 6.84. The fourth-order valence-corrected chi connectivity index (χ4v) is 1.67. The molecule has 15 heavy (non-hydrogen) atoms. The monoisotopic (exact) mass is 228 g/mol. The number of hydrogen-bond donors (Lipinski definition) is 3. The molecule has 1 aromatic rings. The lowest BCUT2D eigenvalue weighted by atomic mass is 9.99. The van der Waals surface area contributed by atoms with Crippen molar-refractivity contribution in [3.63, 3.8) is 0 Å². The van der Waals surface area contributed by atoms with Crippen LogP contribution >= 0.6 is 11.3 Å². The fourth-order valence-electron chi connectivity index (χ4n) is 0.958. The molecule has 1 heterocycles. The number of anilines is 1. The Hall–Kier alpha value is -1.07. The molecule has 0 radical (unpaired) electrons. The zero-order chi connectivity index (χ0) is 11.6. The largest absolute Gasteiger partial charge is 0.397 e. The van der Waals surface area contributed by atoms with Crippen molar-refractivity contribution < 1.29 is 9.90 Å². The van der Waals surface area contributed by atoms with Gasteiger partial charge in [0.25, 0.3) is 5.91 Å². The maximum atomic E-state index is 11.8. The second kappa shape index (κ2) is 4.20. The lowest BCUT2D eigenvalue weighted by molar-refractivity contribution is 0.0713. The molecule has 0 saturated heterocycles. The molecule has 0 aliphatic rings. The predicted molar refractivity (Wildman–Crippen MR) is 62.0 cm³/mol. The van der Waals surface area contributed by atoms with Crippen LogP contribution in [-0.2, 0) is 0 Å². The number of thiophene rings is 1. The standard InChI is InChI=1S/C10H16N2O2S/c1-6(13)10(2,3)12-9(14)8-7(11)4-5-15-8/h4-6,13H,11H2,1-3H3,(H,12,14). The van der Waals surface area contributed by atoms with Gasteiger partial charge in [0, 0.05) is 0 Å². The van der Waals surface area contributed by atoms with Crippen LogP contribution < -0.4 is 11.1 Å². The molecule has 0 fully saturated rings. The fraction of sp³-hybridized carbons (Fsp3) is 0.500. The summed E-state index contributed by atoms with van der Waals surface area (Å²) < 4.78 is 0. The number of nitrogens with one attached hydrogen (secondary N) is 1. The Morgan fingerprint density at radius 3 is 2.67 bits per heavy atom. The summed E-state index contributed by atoms with van der Waals surface area (Å²) in [6, 6.07) is 1.69. The van der Waals surface area contributed by atoms with Crippen molar-refractivity contribution in [2.24, 2.45) is 0 Å². The Labute approximate surface area is 93.1 Å². The van der Waals surface area contributed by atoms with E-state index in [9.17, 15) is 9.90 Å². The van der Waals surface area contributed by atoms with Gasteiger partial charge in [0.2, 0.25) is 0 Å². The molecule has 5 heteroatoms. The van der Waals surface area contributed by atoms with Crippen LogP contribution in [0.5, 0.6) is 0 Å². The van der Waals surface area contributed by atoms with Gasteiger partial charge in [-0.2, -0.15) is 0 Å². The molecule has 0 aliphatic carbocycles. The van der Waals surface area contributed by atoms with Crippen molar-refractivity contribution in [1.82, 2.24) is 5.32 Å². The molecule has 0 saturated carbocycles. The molecular formula is C10H16N2O2S. The van der Waals surface area contributed by atoms with Crippen LogP contribution in [-0.4, -0.2) is 22.7 Å². The molecular weight excluding hydrogens is 212 g/mol. The third-order valence-electron chi connectivity index (χ3n) is 2.38. The smallest absolute Gasteiger partial charge is 0.263 e. The zero-order valence-electron chi connectivity index (χ0n) is 9.07. The molecule has 0 bridgehead atoms. The molecule has 1 unspecified atom stereocenters. The minimum atomic E-state index is -0.659. The maximum Gasteiger partial charge on any atom is 0.263 e. The number of rotatable bonds is 3.